The number of aromatic nitrogens is 2. The van der Waals surface area contributed by atoms with Crippen LogP contribution in [0.4, 0.5) is 6.01 Å². The van der Waals surface area contributed by atoms with Gasteiger partial charge in [0, 0.05) is 12.0 Å². The summed E-state index contributed by atoms with van der Waals surface area (Å²) < 4.78 is 10.7. The van der Waals surface area contributed by atoms with Crippen LogP contribution in [0.1, 0.15) is 37.1 Å². The lowest BCUT2D eigenvalue weighted by Crippen LogP contribution is -2.31. The fraction of sp³-hybridized carbons (Fsp3) is 0.500. The number of anilines is 1. The highest BCUT2D eigenvalue weighted by Gasteiger charge is 2.35. The van der Waals surface area contributed by atoms with E-state index >= 15 is 0 Å². The number of rotatable bonds is 6. The molecule has 1 aliphatic rings. The number of ether oxygens (including phenoxy) is 1. The number of benzene rings is 1. The molecule has 0 bridgehead atoms. The first-order valence-electron chi connectivity index (χ1n) is 7.67. The van der Waals surface area contributed by atoms with Crippen LogP contribution in [-0.2, 0) is 12.0 Å². The van der Waals surface area contributed by atoms with Crippen molar-refractivity contribution in [1.82, 2.24) is 10.2 Å². The van der Waals surface area contributed by atoms with Crippen molar-refractivity contribution in [3.63, 3.8) is 0 Å². The minimum absolute atomic E-state index is 0.115. The molecule has 1 aromatic heterocycles. The van der Waals surface area contributed by atoms with E-state index in [-0.39, 0.29) is 12.0 Å². The molecule has 0 aliphatic heterocycles. The average molecular weight is 302 g/mol. The van der Waals surface area contributed by atoms with Gasteiger partial charge in [-0.1, -0.05) is 30.1 Å². The van der Waals surface area contributed by atoms with Crippen molar-refractivity contribution in [2.45, 2.75) is 37.6 Å². The Morgan fingerprint density at radius 2 is 1.95 bits per heavy atom. The Bertz CT molecular complexity index is 603. The molecule has 3 N–H and O–H groups in total. The van der Waals surface area contributed by atoms with E-state index in [2.05, 4.69) is 27.6 Å². The van der Waals surface area contributed by atoms with Crippen LogP contribution in [0.3, 0.4) is 0 Å². The Kier molecular flexibility index (Phi) is 4.29. The van der Waals surface area contributed by atoms with Gasteiger partial charge in [0.25, 0.3) is 0 Å². The van der Waals surface area contributed by atoms with Crippen molar-refractivity contribution in [1.29, 1.82) is 0 Å². The van der Waals surface area contributed by atoms with Crippen LogP contribution >= 0.6 is 0 Å². The third kappa shape index (κ3) is 2.92. The number of nitrogens with zero attached hydrogens (tertiary/aromatic N) is 2. The van der Waals surface area contributed by atoms with Crippen molar-refractivity contribution in [3.8, 4) is 5.75 Å². The highest BCUT2D eigenvalue weighted by atomic mass is 16.5. The Balaban J connectivity index is 1.75. The molecule has 118 valence electrons. The topological polar surface area (TPSA) is 86.2 Å². The normalized spacial score (nSPS) is 16.6. The minimum Gasteiger partial charge on any atom is -0.497 e. The Labute approximate surface area is 130 Å². The van der Waals surface area contributed by atoms with E-state index in [9.17, 15) is 0 Å². The smallest absolute Gasteiger partial charge is 0.315 e. The first-order chi connectivity index (χ1) is 10.8. The van der Waals surface area contributed by atoms with Crippen molar-refractivity contribution >= 4 is 6.01 Å². The predicted molar refractivity (Wildman–Crippen MR) is 83.8 cm³/mol. The van der Waals surface area contributed by atoms with Gasteiger partial charge in [0.05, 0.1) is 13.7 Å². The van der Waals surface area contributed by atoms with E-state index in [1.807, 2.05) is 12.1 Å². The van der Waals surface area contributed by atoms with E-state index in [0.717, 1.165) is 25.1 Å². The summed E-state index contributed by atoms with van der Waals surface area (Å²) in [6.45, 7) is 1.05. The van der Waals surface area contributed by atoms with Gasteiger partial charge in [-0.2, -0.15) is 0 Å². The van der Waals surface area contributed by atoms with E-state index in [1.165, 1.54) is 18.4 Å². The number of methoxy groups -OCH3 is 1. The monoisotopic (exact) mass is 302 g/mol. The lowest BCUT2D eigenvalue weighted by molar-refractivity contribution is 0.412. The summed E-state index contributed by atoms with van der Waals surface area (Å²) in [5, 5.41) is 11.1. The molecule has 22 heavy (non-hydrogen) atoms. The SMILES string of the molecule is COc1ccc(C2(CNc3nnc(CN)o3)CCCC2)cc1. The molecule has 1 fully saturated rings. The van der Waals surface area contributed by atoms with Gasteiger partial charge in [-0.25, -0.2) is 0 Å². The van der Waals surface area contributed by atoms with Crippen LogP contribution in [0.5, 0.6) is 5.75 Å². The van der Waals surface area contributed by atoms with Crippen LogP contribution in [0.25, 0.3) is 0 Å². The lowest BCUT2D eigenvalue weighted by Gasteiger charge is -2.29. The highest BCUT2D eigenvalue weighted by Crippen LogP contribution is 2.41. The van der Waals surface area contributed by atoms with Gasteiger partial charge in [-0.05, 0) is 30.5 Å². The van der Waals surface area contributed by atoms with E-state index in [1.54, 1.807) is 7.11 Å². The molecule has 1 saturated carbocycles. The second-order valence-electron chi connectivity index (χ2n) is 5.77. The summed E-state index contributed by atoms with van der Waals surface area (Å²) in [5.41, 5.74) is 6.94. The third-order valence-corrected chi connectivity index (χ3v) is 4.48. The quantitative estimate of drug-likeness (QED) is 0.852. The van der Waals surface area contributed by atoms with Crippen LogP contribution in [0.2, 0.25) is 0 Å². The molecule has 0 amide bonds. The van der Waals surface area contributed by atoms with E-state index in [4.69, 9.17) is 14.9 Å². The molecule has 6 heteroatoms. The van der Waals surface area contributed by atoms with Crippen molar-refractivity contribution in [3.05, 3.63) is 35.7 Å². The van der Waals surface area contributed by atoms with Gasteiger partial charge in [0.2, 0.25) is 5.89 Å². The molecule has 1 aliphatic carbocycles. The summed E-state index contributed by atoms with van der Waals surface area (Å²) in [5.74, 6) is 1.33. The summed E-state index contributed by atoms with van der Waals surface area (Å²) in [6.07, 6.45) is 4.80. The third-order valence-electron chi connectivity index (χ3n) is 4.48. The van der Waals surface area contributed by atoms with Crippen LogP contribution in [0.15, 0.2) is 28.7 Å². The zero-order valence-corrected chi connectivity index (χ0v) is 12.8. The number of nitrogens with two attached hydrogens (primary N) is 1. The fourth-order valence-electron chi connectivity index (χ4n) is 3.22. The summed E-state index contributed by atoms with van der Waals surface area (Å²) in [6, 6.07) is 8.80. The molecule has 1 aromatic carbocycles. The second-order valence-corrected chi connectivity index (χ2v) is 5.77. The van der Waals surface area contributed by atoms with Crippen molar-refractivity contribution in [2.75, 3.05) is 19.0 Å². The first kappa shape index (κ1) is 14.8. The Hall–Kier alpha value is -2.08. The van der Waals surface area contributed by atoms with Gasteiger partial charge < -0.3 is 20.2 Å². The average Bonchev–Trinajstić information content (AvgIpc) is 3.23. The second kappa shape index (κ2) is 6.36. The maximum atomic E-state index is 5.49. The van der Waals surface area contributed by atoms with Crippen molar-refractivity contribution in [2.24, 2.45) is 5.73 Å². The Morgan fingerprint density at radius 3 is 2.55 bits per heavy atom. The van der Waals surface area contributed by atoms with E-state index < -0.39 is 0 Å². The summed E-state index contributed by atoms with van der Waals surface area (Å²) >= 11 is 0. The van der Waals surface area contributed by atoms with Crippen LogP contribution in [-0.4, -0.2) is 23.9 Å². The van der Waals surface area contributed by atoms with Gasteiger partial charge in [0.15, 0.2) is 0 Å². The molecule has 0 atom stereocenters. The van der Waals surface area contributed by atoms with Crippen LogP contribution in [0, 0.1) is 0 Å². The number of nitrogens with one attached hydrogen (secondary N) is 1. The van der Waals surface area contributed by atoms with E-state index in [0.29, 0.717) is 11.9 Å². The molecule has 0 saturated heterocycles. The zero-order chi connectivity index (χ0) is 15.4. The molecule has 0 radical (unpaired) electrons. The maximum absolute atomic E-state index is 5.49. The van der Waals surface area contributed by atoms with Crippen LogP contribution < -0.4 is 15.8 Å². The molecule has 3 rings (SSSR count). The first-order valence-corrected chi connectivity index (χ1v) is 7.67. The fourth-order valence-corrected chi connectivity index (χ4v) is 3.22. The molecule has 1 heterocycles. The molecule has 0 unspecified atom stereocenters. The van der Waals surface area contributed by atoms with Gasteiger partial charge in [0.1, 0.15) is 5.75 Å². The molecular formula is C16H22N4O2. The number of hydrogen-bond acceptors (Lipinski definition) is 6. The summed E-state index contributed by atoms with van der Waals surface area (Å²) in [7, 11) is 1.69. The minimum atomic E-state index is 0.115. The van der Waals surface area contributed by atoms with Gasteiger partial charge >= 0.3 is 6.01 Å². The largest absolute Gasteiger partial charge is 0.497 e. The molecule has 0 spiro atoms. The maximum Gasteiger partial charge on any atom is 0.315 e. The van der Waals surface area contributed by atoms with Gasteiger partial charge in [-0.3, -0.25) is 0 Å². The van der Waals surface area contributed by atoms with Gasteiger partial charge in [-0.15, -0.1) is 5.10 Å². The lowest BCUT2D eigenvalue weighted by atomic mass is 9.79. The molecule has 2 aromatic rings. The predicted octanol–water partition coefficient (Wildman–Crippen LogP) is 2.46. The standard InChI is InChI=1S/C16H22N4O2/c1-21-13-6-4-12(5-7-13)16(8-2-3-9-16)11-18-15-20-19-14(10-17)22-15/h4-7H,2-3,8-11,17H2,1H3,(H,18,20). The van der Waals surface area contributed by atoms with Crippen molar-refractivity contribution < 1.29 is 9.15 Å². The Morgan fingerprint density at radius 1 is 1.23 bits per heavy atom. The summed E-state index contributed by atoms with van der Waals surface area (Å²) in [4.78, 5) is 0. The number of hydrogen-bond donors (Lipinski definition) is 2. The molecule has 6 nitrogen and oxygen atoms in total. The highest BCUT2D eigenvalue weighted by molar-refractivity contribution is 5.35. The zero-order valence-electron chi connectivity index (χ0n) is 12.8. The molecular weight excluding hydrogens is 280 g/mol.